The van der Waals surface area contributed by atoms with Crippen LogP contribution in [0, 0.1) is 6.92 Å². The van der Waals surface area contributed by atoms with Crippen molar-refractivity contribution in [3.63, 3.8) is 0 Å². The van der Waals surface area contributed by atoms with Gasteiger partial charge in [-0.2, -0.15) is 0 Å². The first-order chi connectivity index (χ1) is 9.16. The molecule has 0 saturated carbocycles. The number of benzene rings is 1. The molecule has 1 aromatic heterocycles. The van der Waals surface area contributed by atoms with E-state index in [9.17, 15) is 0 Å². The summed E-state index contributed by atoms with van der Waals surface area (Å²) in [4.78, 5) is 12.6. The topological polar surface area (TPSA) is 47.4 Å². The van der Waals surface area contributed by atoms with Crippen molar-refractivity contribution < 1.29 is 4.43 Å². The largest absolute Gasteiger partial charge is 0.541 e. The van der Waals surface area contributed by atoms with Gasteiger partial charge in [-0.15, -0.1) is 0 Å². The summed E-state index contributed by atoms with van der Waals surface area (Å²) in [5.41, 5.74) is 2.66. The Morgan fingerprint density at radius 1 is 1.26 bits per heavy atom. The highest BCUT2D eigenvalue weighted by Crippen LogP contribution is 2.31. The maximum atomic E-state index is 5.92. The maximum Gasteiger partial charge on any atom is 0.274 e. The number of aromatic nitrogens is 2. The van der Waals surface area contributed by atoms with Crippen molar-refractivity contribution in [1.82, 2.24) is 9.97 Å². The third kappa shape index (κ3) is 3.72. The minimum absolute atomic E-state index is 0.730. The highest BCUT2D eigenvalue weighted by Gasteiger charge is 2.08. The van der Waals surface area contributed by atoms with Gasteiger partial charge in [0.1, 0.15) is 11.4 Å². The summed E-state index contributed by atoms with van der Waals surface area (Å²) in [6.07, 6.45) is 6.66. The van der Waals surface area contributed by atoms with E-state index in [0.29, 0.717) is 0 Å². The Morgan fingerprint density at radius 2 is 2.11 bits per heavy atom. The molecule has 1 heterocycles. The highest BCUT2D eigenvalue weighted by molar-refractivity contribution is 6.49. The van der Waals surface area contributed by atoms with E-state index in [1.165, 1.54) is 0 Å². The smallest absolute Gasteiger partial charge is 0.274 e. The SMILES string of the molecule is Cc1cccc(N=Cc2cnccn2)c1O[Si](C)C. The average molecular weight is 270 g/mol. The molecule has 0 saturated heterocycles. The molecule has 0 aliphatic heterocycles. The molecule has 19 heavy (non-hydrogen) atoms. The van der Waals surface area contributed by atoms with Crippen LogP contribution < -0.4 is 4.43 Å². The van der Waals surface area contributed by atoms with Gasteiger partial charge < -0.3 is 4.43 Å². The second-order valence-electron chi connectivity index (χ2n) is 4.32. The van der Waals surface area contributed by atoms with Crippen LogP contribution in [0.5, 0.6) is 5.75 Å². The Kier molecular flexibility index (Phi) is 4.41. The zero-order valence-electron chi connectivity index (χ0n) is 11.3. The highest BCUT2D eigenvalue weighted by atomic mass is 28.3. The van der Waals surface area contributed by atoms with Gasteiger partial charge in [0.05, 0.1) is 18.1 Å². The second kappa shape index (κ2) is 6.24. The van der Waals surface area contributed by atoms with Gasteiger partial charge >= 0.3 is 0 Å². The van der Waals surface area contributed by atoms with Gasteiger partial charge in [0.2, 0.25) is 0 Å². The third-order valence-corrected chi connectivity index (χ3v) is 3.03. The zero-order chi connectivity index (χ0) is 13.7. The Labute approximate surface area is 114 Å². The van der Waals surface area contributed by atoms with Crippen molar-refractivity contribution in [2.24, 2.45) is 4.99 Å². The van der Waals surface area contributed by atoms with Gasteiger partial charge in [0.25, 0.3) is 9.04 Å². The number of nitrogens with zero attached hydrogens (tertiary/aromatic N) is 3. The van der Waals surface area contributed by atoms with Crippen LogP contribution >= 0.6 is 0 Å². The van der Waals surface area contributed by atoms with Gasteiger partial charge in [0.15, 0.2) is 0 Å². The van der Waals surface area contributed by atoms with Crippen molar-refractivity contribution in [3.8, 4) is 5.75 Å². The molecule has 0 aliphatic rings. The normalized spacial score (nSPS) is 11.2. The lowest BCUT2D eigenvalue weighted by Gasteiger charge is -2.13. The molecule has 0 amide bonds. The maximum absolute atomic E-state index is 5.92. The Bertz CT molecular complexity index is 570. The number of hydrogen-bond acceptors (Lipinski definition) is 4. The molecule has 0 atom stereocenters. The molecule has 4 nitrogen and oxygen atoms in total. The van der Waals surface area contributed by atoms with Crippen LogP contribution in [0.3, 0.4) is 0 Å². The fraction of sp³-hybridized carbons (Fsp3) is 0.214. The molecule has 5 heteroatoms. The summed E-state index contributed by atoms with van der Waals surface area (Å²) < 4.78 is 5.92. The zero-order valence-corrected chi connectivity index (χ0v) is 12.3. The lowest BCUT2D eigenvalue weighted by atomic mass is 10.2. The first-order valence-electron chi connectivity index (χ1n) is 6.04. The summed E-state index contributed by atoms with van der Waals surface area (Å²) in [5, 5.41) is 0. The average Bonchev–Trinajstić information content (AvgIpc) is 2.40. The first kappa shape index (κ1) is 13.4. The van der Waals surface area contributed by atoms with Gasteiger partial charge in [-0.3, -0.25) is 15.0 Å². The molecule has 0 aliphatic carbocycles. The van der Waals surface area contributed by atoms with Crippen molar-refractivity contribution in [1.29, 1.82) is 0 Å². The molecule has 0 bridgehead atoms. The van der Waals surface area contributed by atoms with Crippen LogP contribution in [-0.2, 0) is 0 Å². The summed E-state index contributed by atoms with van der Waals surface area (Å²) in [6.45, 7) is 6.24. The molecular weight excluding hydrogens is 254 g/mol. The predicted octanol–water partition coefficient (Wildman–Crippen LogP) is 3.17. The van der Waals surface area contributed by atoms with Crippen molar-refractivity contribution in [2.75, 3.05) is 0 Å². The number of aliphatic imine (C=N–C) groups is 1. The Morgan fingerprint density at radius 3 is 2.79 bits per heavy atom. The fourth-order valence-electron chi connectivity index (χ4n) is 1.59. The first-order valence-corrected chi connectivity index (χ1v) is 8.45. The van der Waals surface area contributed by atoms with Crippen LogP contribution in [0.4, 0.5) is 5.69 Å². The summed E-state index contributed by atoms with van der Waals surface area (Å²) in [5.74, 6) is 0.863. The molecule has 1 aromatic carbocycles. The minimum atomic E-state index is -0.815. The van der Waals surface area contributed by atoms with Gasteiger partial charge in [-0.05, 0) is 31.6 Å². The van der Waals surface area contributed by atoms with Crippen LogP contribution in [0.25, 0.3) is 0 Å². The van der Waals surface area contributed by atoms with E-state index in [0.717, 1.165) is 22.7 Å². The predicted molar refractivity (Wildman–Crippen MR) is 78.6 cm³/mol. The molecule has 0 unspecified atom stereocenters. The van der Waals surface area contributed by atoms with Crippen LogP contribution in [0.2, 0.25) is 13.1 Å². The summed E-state index contributed by atoms with van der Waals surface area (Å²) >= 11 is 0. The molecule has 1 radical (unpaired) electrons. The van der Waals surface area contributed by atoms with E-state index in [1.54, 1.807) is 24.8 Å². The minimum Gasteiger partial charge on any atom is -0.541 e. The van der Waals surface area contributed by atoms with E-state index in [2.05, 4.69) is 28.1 Å². The van der Waals surface area contributed by atoms with Crippen LogP contribution in [0.15, 0.2) is 41.8 Å². The van der Waals surface area contributed by atoms with E-state index in [1.807, 2.05) is 25.1 Å². The second-order valence-corrected chi connectivity index (χ2v) is 6.34. The quantitative estimate of drug-likeness (QED) is 0.633. The molecule has 2 aromatic rings. The van der Waals surface area contributed by atoms with E-state index < -0.39 is 9.04 Å². The van der Waals surface area contributed by atoms with Crippen molar-refractivity contribution in [2.45, 2.75) is 20.0 Å². The number of hydrogen-bond donors (Lipinski definition) is 0. The molecular formula is C14H16N3OSi. The van der Waals surface area contributed by atoms with Crippen LogP contribution in [0.1, 0.15) is 11.3 Å². The molecule has 0 spiro atoms. The molecule has 0 fully saturated rings. The standard InChI is InChI=1S/C14H16N3OSi/c1-11-5-4-6-13(14(11)18-19(2)3)17-10-12-9-15-7-8-16-12/h4-10H,1-3H3. The van der Waals surface area contributed by atoms with Gasteiger partial charge in [-0.25, -0.2) is 0 Å². The van der Waals surface area contributed by atoms with E-state index in [4.69, 9.17) is 4.43 Å². The van der Waals surface area contributed by atoms with Crippen LogP contribution in [-0.4, -0.2) is 25.2 Å². The molecule has 2 rings (SSSR count). The van der Waals surface area contributed by atoms with Crippen molar-refractivity contribution in [3.05, 3.63) is 48.0 Å². The Hall–Kier alpha value is -2.01. The molecule has 97 valence electrons. The molecule has 0 N–H and O–H groups in total. The lowest BCUT2D eigenvalue weighted by Crippen LogP contribution is -2.12. The monoisotopic (exact) mass is 270 g/mol. The number of rotatable bonds is 4. The summed E-state index contributed by atoms with van der Waals surface area (Å²) in [7, 11) is -0.815. The Balaban J connectivity index is 2.29. The lowest BCUT2D eigenvalue weighted by molar-refractivity contribution is 0.577. The fourth-order valence-corrected chi connectivity index (χ4v) is 2.26. The van der Waals surface area contributed by atoms with Gasteiger partial charge in [-0.1, -0.05) is 12.1 Å². The number of aryl methyl sites for hydroxylation is 1. The number of para-hydroxylation sites is 1. The van der Waals surface area contributed by atoms with E-state index >= 15 is 0 Å². The third-order valence-electron chi connectivity index (χ3n) is 2.42. The van der Waals surface area contributed by atoms with Crippen molar-refractivity contribution >= 4 is 20.9 Å². The van der Waals surface area contributed by atoms with Gasteiger partial charge in [0, 0.05) is 12.4 Å². The van der Waals surface area contributed by atoms with E-state index in [-0.39, 0.29) is 0 Å². The summed E-state index contributed by atoms with van der Waals surface area (Å²) in [6, 6.07) is 5.95.